The van der Waals surface area contributed by atoms with Crippen LogP contribution in [0.5, 0.6) is 5.75 Å². The summed E-state index contributed by atoms with van der Waals surface area (Å²) in [7, 11) is 0. The number of carbonyl (C=O) groups is 2. The molecule has 2 N–H and O–H groups in total. The number of ether oxygens (including phenoxy) is 1. The van der Waals surface area contributed by atoms with E-state index in [0.717, 1.165) is 0 Å². The van der Waals surface area contributed by atoms with Gasteiger partial charge < -0.3 is 20.1 Å². The van der Waals surface area contributed by atoms with Crippen molar-refractivity contribution >= 4 is 17.7 Å². The van der Waals surface area contributed by atoms with E-state index in [1.54, 1.807) is 25.1 Å². The molecule has 1 heterocycles. The summed E-state index contributed by atoms with van der Waals surface area (Å²) in [6.45, 7) is 6.19. The van der Waals surface area contributed by atoms with Crippen LogP contribution in [0, 0.1) is 5.41 Å². The summed E-state index contributed by atoms with van der Waals surface area (Å²) in [4.78, 5) is 25.0. The van der Waals surface area contributed by atoms with Crippen molar-refractivity contribution in [3.05, 3.63) is 24.3 Å². The Kier molecular flexibility index (Phi) is 4.59. The largest absolute Gasteiger partial charge is 0.491 e. The van der Waals surface area contributed by atoms with Crippen LogP contribution in [-0.2, 0) is 4.79 Å². The van der Waals surface area contributed by atoms with Crippen LogP contribution in [0.3, 0.4) is 0 Å². The number of aliphatic carboxylic acids is 1. The number of nitrogens with one attached hydrogen (secondary N) is 1. The molecule has 0 aromatic heterocycles. The predicted molar refractivity (Wildman–Crippen MR) is 83.2 cm³/mol. The van der Waals surface area contributed by atoms with Gasteiger partial charge in [0.2, 0.25) is 0 Å². The van der Waals surface area contributed by atoms with Gasteiger partial charge >= 0.3 is 12.0 Å². The molecule has 1 atom stereocenters. The second kappa shape index (κ2) is 6.25. The number of likely N-dealkylation sites (tertiary alicyclic amines) is 1. The molecule has 6 heteroatoms. The molecule has 1 aliphatic rings. The summed E-state index contributed by atoms with van der Waals surface area (Å²) < 4.78 is 5.58. The standard InChI is InChI=1S/C16H22N2O4/c1-11(2)22-13-6-4-5-12(9-13)17-15(21)18-8-7-16(3,10-18)14(19)20/h4-6,9,11H,7-8,10H2,1-3H3,(H,17,21)(H,19,20). The Morgan fingerprint density at radius 2 is 2.14 bits per heavy atom. The number of hydrogen-bond donors (Lipinski definition) is 2. The Labute approximate surface area is 130 Å². The second-order valence-electron chi connectivity index (χ2n) is 6.16. The third kappa shape index (κ3) is 3.69. The van der Waals surface area contributed by atoms with E-state index in [1.165, 1.54) is 4.90 Å². The van der Waals surface area contributed by atoms with Crippen molar-refractivity contribution in [2.75, 3.05) is 18.4 Å². The summed E-state index contributed by atoms with van der Waals surface area (Å²) in [5, 5.41) is 12.0. The topological polar surface area (TPSA) is 78.9 Å². The molecular formula is C16H22N2O4. The number of carbonyl (C=O) groups excluding carboxylic acids is 1. The van der Waals surface area contributed by atoms with Crippen molar-refractivity contribution in [1.29, 1.82) is 0 Å². The number of amides is 2. The molecule has 2 rings (SSSR count). The zero-order valence-corrected chi connectivity index (χ0v) is 13.1. The third-order valence-corrected chi connectivity index (χ3v) is 3.73. The van der Waals surface area contributed by atoms with Gasteiger partial charge in [0.15, 0.2) is 0 Å². The Bertz CT molecular complexity index is 573. The van der Waals surface area contributed by atoms with Crippen molar-refractivity contribution in [3.63, 3.8) is 0 Å². The van der Waals surface area contributed by atoms with Gasteiger partial charge in [0.1, 0.15) is 5.75 Å². The highest BCUT2D eigenvalue weighted by atomic mass is 16.5. The molecule has 0 radical (unpaired) electrons. The van der Waals surface area contributed by atoms with Crippen molar-refractivity contribution in [3.8, 4) is 5.75 Å². The first-order chi connectivity index (χ1) is 10.3. The number of carboxylic acids is 1. The lowest BCUT2D eigenvalue weighted by Gasteiger charge is -2.20. The van der Waals surface area contributed by atoms with Crippen LogP contribution in [0.4, 0.5) is 10.5 Å². The molecule has 1 aliphatic heterocycles. The van der Waals surface area contributed by atoms with E-state index >= 15 is 0 Å². The van der Waals surface area contributed by atoms with Crippen LogP contribution in [0.25, 0.3) is 0 Å². The van der Waals surface area contributed by atoms with E-state index in [1.807, 2.05) is 19.9 Å². The van der Waals surface area contributed by atoms with E-state index in [4.69, 9.17) is 4.74 Å². The van der Waals surface area contributed by atoms with E-state index in [-0.39, 0.29) is 18.7 Å². The van der Waals surface area contributed by atoms with E-state index in [2.05, 4.69) is 5.32 Å². The fourth-order valence-electron chi connectivity index (χ4n) is 2.43. The van der Waals surface area contributed by atoms with Crippen molar-refractivity contribution in [2.24, 2.45) is 5.41 Å². The number of carboxylic acid groups (broad SMARTS) is 1. The molecule has 1 saturated heterocycles. The first-order valence-electron chi connectivity index (χ1n) is 7.36. The van der Waals surface area contributed by atoms with Crippen LogP contribution < -0.4 is 10.1 Å². The zero-order chi connectivity index (χ0) is 16.3. The number of benzene rings is 1. The summed E-state index contributed by atoms with van der Waals surface area (Å²) in [5.41, 5.74) is -0.230. The van der Waals surface area contributed by atoms with Crippen molar-refractivity contribution in [2.45, 2.75) is 33.3 Å². The summed E-state index contributed by atoms with van der Waals surface area (Å²) in [6.07, 6.45) is 0.521. The quantitative estimate of drug-likeness (QED) is 0.896. The van der Waals surface area contributed by atoms with Gasteiger partial charge in [-0.2, -0.15) is 0 Å². The van der Waals surface area contributed by atoms with Gasteiger partial charge in [0, 0.05) is 24.8 Å². The summed E-state index contributed by atoms with van der Waals surface area (Å²) >= 11 is 0. The minimum absolute atomic E-state index is 0.0563. The number of hydrogen-bond acceptors (Lipinski definition) is 3. The highest BCUT2D eigenvalue weighted by molar-refractivity contribution is 5.90. The average molecular weight is 306 g/mol. The van der Waals surface area contributed by atoms with Crippen LogP contribution in [0.1, 0.15) is 27.2 Å². The molecule has 22 heavy (non-hydrogen) atoms. The van der Waals surface area contributed by atoms with Crippen molar-refractivity contribution < 1.29 is 19.4 Å². The van der Waals surface area contributed by atoms with E-state index < -0.39 is 11.4 Å². The zero-order valence-electron chi connectivity index (χ0n) is 13.1. The molecule has 1 fully saturated rings. The van der Waals surface area contributed by atoms with Gasteiger partial charge in [-0.05, 0) is 39.3 Å². The van der Waals surface area contributed by atoms with Gasteiger partial charge in [-0.25, -0.2) is 4.79 Å². The predicted octanol–water partition coefficient (Wildman–Crippen LogP) is 2.80. The smallest absolute Gasteiger partial charge is 0.321 e. The monoisotopic (exact) mass is 306 g/mol. The second-order valence-corrected chi connectivity index (χ2v) is 6.16. The lowest BCUT2D eigenvalue weighted by atomic mass is 9.90. The Morgan fingerprint density at radius 3 is 2.73 bits per heavy atom. The maximum Gasteiger partial charge on any atom is 0.321 e. The third-order valence-electron chi connectivity index (χ3n) is 3.73. The molecule has 0 saturated carbocycles. The molecule has 2 amide bonds. The molecule has 0 bridgehead atoms. The summed E-state index contributed by atoms with van der Waals surface area (Å²) in [6, 6.07) is 6.87. The van der Waals surface area contributed by atoms with Crippen LogP contribution >= 0.6 is 0 Å². The van der Waals surface area contributed by atoms with Crippen molar-refractivity contribution in [1.82, 2.24) is 4.90 Å². The number of nitrogens with zero attached hydrogens (tertiary/aromatic N) is 1. The van der Waals surface area contributed by atoms with Gasteiger partial charge in [-0.1, -0.05) is 6.07 Å². The average Bonchev–Trinajstić information content (AvgIpc) is 2.82. The first-order valence-corrected chi connectivity index (χ1v) is 7.36. The number of rotatable bonds is 4. The first kappa shape index (κ1) is 16.1. The minimum atomic E-state index is -0.866. The Balaban J connectivity index is 2.00. The number of anilines is 1. The lowest BCUT2D eigenvalue weighted by Crippen LogP contribution is -2.37. The maximum atomic E-state index is 12.2. The summed E-state index contributed by atoms with van der Waals surface area (Å²) in [5.74, 6) is -0.181. The molecule has 1 aromatic carbocycles. The maximum absolute atomic E-state index is 12.2. The molecule has 1 unspecified atom stereocenters. The molecule has 0 aliphatic carbocycles. The molecular weight excluding hydrogens is 284 g/mol. The molecule has 120 valence electrons. The van der Waals surface area contributed by atoms with Crippen LogP contribution in [0.15, 0.2) is 24.3 Å². The molecule has 1 aromatic rings. The SMILES string of the molecule is CC(C)Oc1cccc(NC(=O)N2CCC(C)(C(=O)O)C2)c1. The normalized spacial score (nSPS) is 21.0. The Hall–Kier alpha value is -2.24. The molecule has 0 spiro atoms. The van der Waals surface area contributed by atoms with Crippen LogP contribution in [-0.4, -0.2) is 41.2 Å². The van der Waals surface area contributed by atoms with Gasteiger partial charge in [-0.3, -0.25) is 4.79 Å². The lowest BCUT2D eigenvalue weighted by molar-refractivity contribution is -0.146. The highest BCUT2D eigenvalue weighted by Crippen LogP contribution is 2.30. The molecule has 6 nitrogen and oxygen atoms in total. The fourth-order valence-corrected chi connectivity index (χ4v) is 2.43. The van der Waals surface area contributed by atoms with E-state index in [9.17, 15) is 14.7 Å². The van der Waals surface area contributed by atoms with Gasteiger partial charge in [-0.15, -0.1) is 0 Å². The fraction of sp³-hybridized carbons (Fsp3) is 0.500. The Morgan fingerprint density at radius 1 is 1.41 bits per heavy atom. The van der Waals surface area contributed by atoms with Gasteiger partial charge in [0.25, 0.3) is 0 Å². The highest BCUT2D eigenvalue weighted by Gasteiger charge is 2.42. The van der Waals surface area contributed by atoms with Gasteiger partial charge in [0.05, 0.1) is 11.5 Å². The van der Waals surface area contributed by atoms with E-state index in [0.29, 0.717) is 24.4 Å². The van der Waals surface area contributed by atoms with Crippen LogP contribution in [0.2, 0.25) is 0 Å². The number of urea groups is 1. The minimum Gasteiger partial charge on any atom is -0.491 e.